The highest BCUT2D eigenvalue weighted by Crippen LogP contribution is 2.24. The largest absolute Gasteiger partial charge is 0.394 e. The Morgan fingerprint density at radius 1 is 0.423 bits per heavy atom. The maximum absolute atomic E-state index is 13.1. The predicted molar refractivity (Wildman–Crippen MR) is 300 cm³/mol. The first-order valence-electron chi connectivity index (χ1n) is 31.7. The number of hydrogen-bond acceptors (Lipinski definition) is 8. The van der Waals surface area contributed by atoms with Crippen molar-refractivity contribution < 1.29 is 39.8 Å². The first-order chi connectivity index (χ1) is 34.8. The molecule has 1 aliphatic heterocycles. The molecule has 0 aromatic heterocycles. The Morgan fingerprint density at radius 3 is 1.00 bits per heavy atom. The normalized spacial score (nSPS) is 19.1. The summed E-state index contributed by atoms with van der Waals surface area (Å²) in [6.07, 6.45) is 57.5. The number of aliphatic hydroxyl groups is 5. The van der Waals surface area contributed by atoms with E-state index in [1.807, 2.05) is 0 Å². The second-order valence-corrected chi connectivity index (χ2v) is 22.6. The van der Waals surface area contributed by atoms with Gasteiger partial charge in [-0.15, -0.1) is 0 Å². The van der Waals surface area contributed by atoms with E-state index in [1.165, 1.54) is 270 Å². The van der Waals surface area contributed by atoms with Gasteiger partial charge in [0.25, 0.3) is 0 Å². The molecule has 0 aliphatic carbocycles. The zero-order valence-electron chi connectivity index (χ0n) is 47.3. The molecule has 1 heterocycles. The quantitative estimate of drug-likeness (QED) is 0.0330. The first-order valence-corrected chi connectivity index (χ1v) is 31.7. The molecule has 0 bridgehead atoms. The molecule has 9 heteroatoms. The number of carbonyl (C=O) groups excluding carboxylic acids is 1. The Hall–Kier alpha value is -0.810. The molecule has 6 N–H and O–H groups in total. The highest BCUT2D eigenvalue weighted by Gasteiger charge is 2.44. The topological polar surface area (TPSA) is 149 Å². The van der Waals surface area contributed by atoms with Crippen molar-refractivity contribution in [1.82, 2.24) is 5.32 Å². The summed E-state index contributed by atoms with van der Waals surface area (Å²) in [5.41, 5.74) is 0. The SMILES string of the molecule is CCCCCCCCCCCCCCCCCCCCCCCCCCCCCCCCCCCCCC(=O)N[C@@H](CO[C@@H]1O[C@H](CO)[C@@H](O)C(O)C1O)[C@H](O)CCCCCCCCCCCCCCC. The summed E-state index contributed by atoms with van der Waals surface area (Å²) in [4.78, 5) is 13.1. The fourth-order valence-electron chi connectivity index (χ4n) is 10.7. The third-order valence-corrected chi connectivity index (χ3v) is 15.7. The van der Waals surface area contributed by atoms with Crippen molar-refractivity contribution in [3.63, 3.8) is 0 Å². The number of nitrogens with one attached hydrogen (secondary N) is 1. The van der Waals surface area contributed by atoms with E-state index in [-0.39, 0.29) is 12.5 Å². The van der Waals surface area contributed by atoms with Crippen LogP contribution in [0.1, 0.15) is 335 Å². The van der Waals surface area contributed by atoms with Crippen LogP contribution in [-0.2, 0) is 14.3 Å². The van der Waals surface area contributed by atoms with Gasteiger partial charge in [-0.05, 0) is 12.8 Å². The predicted octanol–water partition coefficient (Wildman–Crippen LogP) is 16.2. The Bertz CT molecular complexity index is 1080. The van der Waals surface area contributed by atoms with Gasteiger partial charge in [0.15, 0.2) is 6.29 Å². The van der Waals surface area contributed by atoms with Gasteiger partial charge in [-0.25, -0.2) is 0 Å². The summed E-state index contributed by atoms with van der Waals surface area (Å²) in [7, 11) is 0. The molecule has 2 unspecified atom stereocenters. The fraction of sp³-hybridized carbons (Fsp3) is 0.984. The van der Waals surface area contributed by atoms with Gasteiger partial charge in [-0.2, -0.15) is 0 Å². The number of unbranched alkanes of at least 4 members (excludes halogenated alkanes) is 46. The minimum absolute atomic E-state index is 0.131. The van der Waals surface area contributed by atoms with E-state index in [0.717, 1.165) is 38.5 Å². The van der Waals surface area contributed by atoms with Crippen LogP contribution >= 0.6 is 0 Å². The summed E-state index contributed by atoms with van der Waals surface area (Å²) >= 11 is 0. The molecular formula is C62H123NO8. The van der Waals surface area contributed by atoms with Crippen LogP contribution in [0.3, 0.4) is 0 Å². The molecule has 1 aliphatic rings. The van der Waals surface area contributed by atoms with Crippen molar-refractivity contribution in [1.29, 1.82) is 0 Å². The van der Waals surface area contributed by atoms with Crippen molar-refractivity contribution in [3.8, 4) is 0 Å². The monoisotopic (exact) mass is 1010 g/mol. The van der Waals surface area contributed by atoms with Crippen molar-refractivity contribution >= 4 is 5.91 Å². The molecule has 0 aromatic carbocycles. The third kappa shape index (κ3) is 42.0. The van der Waals surface area contributed by atoms with Crippen LogP contribution in [0.15, 0.2) is 0 Å². The van der Waals surface area contributed by atoms with Gasteiger partial charge in [-0.1, -0.05) is 316 Å². The van der Waals surface area contributed by atoms with E-state index in [0.29, 0.717) is 12.8 Å². The van der Waals surface area contributed by atoms with Crippen molar-refractivity contribution in [2.75, 3.05) is 13.2 Å². The summed E-state index contributed by atoms with van der Waals surface area (Å²) in [6.45, 7) is 3.88. The second-order valence-electron chi connectivity index (χ2n) is 22.6. The lowest BCUT2D eigenvalue weighted by Gasteiger charge is -2.40. The molecule has 9 nitrogen and oxygen atoms in total. The van der Waals surface area contributed by atoms with Crippen molar-refractivity contribution in [2.24, 2.45) is 0 Å². The molecule has 1 rings (SSSR count). The molecule has 1 amide bonds. The molecule has 0 aromatic rings. The number of hydrogen-bond donors (Lipinski definition) is 6. The minimum Gasteiger partial charge on any atom is -0.394 e. The van der Waals surface area contributed by atoms with Crippen molar-refractivity contribution in [2.45, 2.75) is 378 Å². The van der Waals surface area contributed by atoms with E-state index in [2.05, 4.69) is 19.2 Å². The second kappa shape index (κ2) is 52.6. The molecule has 424 valence electrons. The van der Waals surface area contributed by atoms with E-state index >= 15 is 0 Å². The summed E-state index contributed by atoms with van der Waals surface area (Å²) in [5, 5.41) is 54.6. The van der Waals surface area contributed by atoms with Gasteiger partial charge in [0.2, 0.25) is 5.91 Å². The van der Waals surface area contributed by atoms with Gasteiger partial charge in [0.1, 0.15) is 24.4 Å². The van der Waals surface area contributed by atoms with Gasteiger partial charge >= 0.3 is 0 Å². The Morgan fingerprint density at radius 2 is 0.704 bits per heavy atom. The zero-order chi connectivity index (χ0) is 51.5. The Labute approximate surface area is 440 Å². The Kier molecular flexibility index (Phi) is 50.6. The van der Waals surface area contributed by atoms with Crippen LogP contribution in [0.5, 0.6) is 0 Å². The molecule has 0 radical (unpaired) electrons. The Balaban J connectivity index is 2.03. The summed E-state index contributed by atoms with van der Waals surface area (Å²) in [5.74, 6) is -0.136. The molecule has 1 fully saturated rings. The summed E-state index contributed by atoms with van der Waals surface area (Å²) < 4.78 is 11.3. The standard InChI is InChI=1S/C62H123NO8/c1-3-5-7-9-11-13-15-17-18-19-20-21-22-23-24-25-26-27-28-29-30-31-32-33-34-35-36-37-38-40-42-44-46-48-50-52-58(66)63-55(54-70-62-61(69)60(68)59(67)57(53-64)71-62)56(65)51-49-47-45-43-41-39-16-14-12-10-8-6-4-2/h55-57,59-62,64-65,67-69H,3-54H2,1-2H3,(H,63,66)/t55-,56+,57+,59+,60?,61?,62+/m0/s1. The lowest BCUT2D eigenvalue weighted by molar-refractivity contribution is -0.302. The average Bonchev–Trinajstić information content (AvgIpc) is 3.37. The minimum atomic E-state index is -1.55. The molecular weight excluding hydrogens is 887 g/mol. The molecule has 0 spiro atoms. The van der Waals surface area contributed by atoms with E-state index in [4.69, 9.17) is 9.47 Å². The van der Waals surface area contributed by atoms with Crippen LogP contribution in [-0.4, -0.2) is 87.5 Å². The van der Waals surface area contributed by atoms with Crippen molar-refractivity contribution in [3.05, 3.63) is 0 Å². The van der Waals surface area contributed by atoms with Crippen LogP contribution in [0, 0.1) is 0 Å². The van der Waals surface area contributed by atoms with Crippen LogP contribution in [0.4, 0.5) is 0 Å². The van der Waals surface area contributed by atoms with Gasteiger partial charge in [-0.3, -0.25) is 4.79 Å². The average molecular weight is 1010 g/mol. The van der Waals surface area contributed by atoms with Gasteiger partial charge < -0.3 is 40.3 Å². The zero-order valence-corrected chi connectivity index (χ0v) is 47.3. The number of rotatable bonds is 56. The van der Waals surface area contributed by atoms with Gasteiger partial charge in [0, 0.05) is 6.42 Å². The lowest BCUT2D eigenvalue weighted by atomic mass is 9.99. The number of carbonyl (C=O) groups is 1. The molecule has 7 atom stereocenters. The van der Waals surface area contributed by atoms with Crippen LogP contribution in [0.25, 0.3) is 0 Å². The fourth-order valence-corrected chi connectivity index (χ4v) is 10.7. The molecule has 71 heavy (non-hydrogen) atoms. The first kappa shape index (κ1) is 68.2. The maximum atomic E-state index is 13.1. The number of amides is 1. The van der Waals surface area contributed by atoms with E-state index in [9.17, 15) is 30.3 Å². The number of ether oxygens (including phenoxy) is 2. The van der Waals surface area contributed by atoms with E-state index in [1.54, 1.807) is 0 Å². The number of aliphatic hydroxyl groups excluding tert-OH is 5. The molecule has 1 saturated heterocycles. The van der Waals surface area contributed by atoms with Crippen LogP contribution in [0.2, 0.25) is 0 Å². The highest BCUT2D eigenvalue weighted by atomic mass is 16.7. The highest BCUT2D eigenvalue weighted by molar-refractivity contribution is 5.76. The maximum Gasteiger partial charge on any atom is 0.220 e. The van der Waals surface area contributed by atoms with Crippen LogP contribution < -0.4 is 5.32 Å². The third-order valence-electron chi connectivity index (χ3n) is 15.7. The smallest absolute Gasteiger partial charge is 0.220 e. The van der Waals surface area contributed by atoms with E-state index < -0.39 is 49.5 Å². The summed E-state index contributed by atoms with van der Waals surface area (Å²) in [6, 6.07) is -0.713. The lowest BCUT2D eigenvalue weighted by Crippen LogP contribution is -2.60. The molecule has 0 saturated carbocycles. The van der Waals surface area contributed by atoms with Gasteiger partial charge in [0.05, 0.1) is 25.4 Å².